The average Bonchev–Trinajstić information content (AvgIpc) is 2.58. The predicted molar refractivity (Wildman–Crippen MR) is 99.5 cm³/mol. The number of hydrogen-bond donors (Lipinski definition) is 2. The van der Waals surface area contributed by atoms with Crippen LogP contribution < -0.4 is 19.7 Å². The van der Waals surface area contributed by atoms with Crippen molar-refractivity contribution < 1.29 is 19.2 Å². The Bertz CT molecular complexity index is 723. The van der Waals surface area contributed by atoms with E-state index in [9.17, 15) is 4.79 Å². The summed E-state index contributed by atoms with van der Waals surface area (Å²) in [6.45, 7) is 5.12. The second-order valence-electron chi connectivity index (χ2n) is 6.31. The summed E-state index contributed by atoms with van der Waals surface area (Å²) < 4.78 is 10.6. The molecule has 1 unspecified atom stereocenters. The smallest absolute Gasteiger partial charge is 0.279 e. The van der Waals surface area contributed by atoms with Crippen molar-refractivity contribution in [3.05, 3.63) is 53.1 Å². The maximum atomic E-state index is 12.4. The predicted octanol–water partition coefficient (Wildman–Crippen LogP) is 1.97. The molecule has 134 valence electrons. The zero-order chi connectivity index (χ0) is 18.4. The van der Waals surface area contributed by atoms with Gasteiger partial charge in [-0.2, -0.15) is 0 Å². The van der Waals surface area contributed by atoms with E-state index in [2.05, 4.69) is 5.32 Å². The van der Waals surface area contributed by atoms with Crippen LogP contribution in [0.25, 0.3) is 0 Å². The van der Waals surface area contributed by atoms with Crippen LogP contribution in [0.5, 0.6) is 11.5 Å². The Balaban J connectivity index is 1.98. The van der Waals surface area contributed by atoms with Crippen molar-refractivity contribution in [2.24, 2.45) is 0 Å². The van der Waals surface area contributed by atoms with E-state index in [1.54, 1.807) is 14.2 Å². The minimum Gasteiger partial charge on any atom is -0.493 e. The monoisotopic (exact) mass is 343 g/mol. The normalized spacial score (nSPS) is 11.7. The number of para-hydroxylation sites is 1. The summed E-state index contributed by atoms with van der Waals surface area (Å²) in [5, 5.41) is 3.03. The Morgan fingerprint density at radius 2 is 1.68 bits per heavy atom. The summed E-state index contributed by atoms with van der Waals surface area (Å²) in [7, 11) is 5.24. The van der Waals surface area contributed by atoms with Crippen molar-refractivity contribution in [1.29, 1.82) is 0 Å². The zero-order valence-corrected chi connectivity index (χ0v) is 15.6. The van der Waals surface area contributed by atoms with Crippen molar-refractivity contribution in [1.82, 2.24) is 0 Å². The topological polar surface area (TPSA) is 52.0 Å². The Labute approximate surface area is 149 Å². The first-order valence-electron chi connectivity index (χ1n) is 8.33. The zero-order valence-electron chi connectivity index (χ0n) is 15.6. The second kappa shape index (κ2) is 8.53. The minimum atomic E-state index is 0.00961. The molecular formula is C20H27N2O3+. The van der Waals surface area contributed by atoms with E-state index in [0.29, 0.717) is 18.0 Å². The quantitative estimate of drug-likeness (QED) is 0.808. The Hall–Kier alpha value is -2.53. The first-order chi connectivity index (χ1) is 11.9. The highest BCUT2D eigenvalue weighted by atomic mass is 16.5. The molecule has 0 bridgehead atoms. The third-order valence-electron chi connectivity index (χ3n) is 4.16. The van der Waals surface area contributed by atoms with E-state index in [-0.39, 0.29) is 5.91 Å². The number of benzene rings is 2. The molecular weight excluding hydrogens is 316 g/mol. The van der Waals surface area contributed by atoms with E-state index >= 15 is 0 Å². The van der Waals surface area contributed by atoms with Gasteiger partial charge in [-0.05, 0) is 43.2 Å². The van der Waals surface area contributed by atoms with Gasteiger partial charge in [-0.25, -0.2) is 0 Å². The van der Waals surface area contributed by atoms with Gasteiger partial charge in [0.2, 0.25) is 0 Å². The third kappa shape index (κ3) is 4.97. The molecule has 0 aliphatic rings. The molecule has 2 aromatic rings. The standard InChI is InChI=1S/C20H26N2O3/c1-14-7-6-8-15(2)20(14)21-19(23)13-22(3)12-16-9-10-17(24-4)18(11-16)25-5/h6-11H,12-13H2,1-5H3,(H,21,23)/p+1. The Kier molecular flexibility index (Phi) is 6.42. The number of carbonyl (C=O) groups excluding carboxylic acids is 1. The molecule has 1 amide bonds. The molecule has 2 rings (SSSR count). The van der Waals surface area contributed by atoms with Gasteiger partial charge in [0.25, 0.3) is 5.91 Å². The number of rotatable bonds is 7. The maximum absolute atomic E-state index is 12.4. The summed E-state index contributed by atoms with van der Waals surface area (Å²) in [6, 6.07) is 11.8. The van der Waals surface area contributed by atoms with Crippen molar-refractivity contribution in [2.75, 3.05) is 33.1 Å². The molecule has 5 nitrogen and oxygen atoms in total. The largest absolute Gasteiger partial charge is 0.493 e. The maximum Gasteiger partial charge on any atom is 0.279 e. The van der Waals surface area contributed by atoms with Crippen LogP contribution in [0.3, 0.4) is 0 Å². The highest BCUT2D eigenvalue weighted by Gasteiger charge is 2.14. The molecule has 0 saturated heterocycles. The van der Waals surface area contributed by atoms with Gasteiger partial charge in [-0.3, -0.25) is 4.79 Å². The number of carbonyl (C=O) groups is 1. The van der Waals surface area contributed by atoms with Gasteiger partial charge in [0.1, 0.15) is 6.54 Å². The average molecular weight is 343 g/mol. The van der Waals surface area contributed by atoms with Crippen LogP contribution in [0.1, 0.15) is 16.7 Å². The molecule has 25 heavy (non-hydrogen) atoms. The van der Waals surface area contributed by atoms with Crippen LogP contribution in [-0.4, -0.2) is 33.7 Å². The first kappa shape index (κ1) is 18.8. The molecule has 0 radical (unpaired) electrons. The van der Waals surface area contributed by atoms with Crippen molar-refractivity contribution in [3.8, 4) is 11.5 Å². The SMILES string of the molecule is COc1ccc(C[NH+](C)CC(=O)Nc2c(C)cccc2C)cc1OC. The summed E-state index contributed by atoms with van der Waals surface area (Å²) >= 11 is 0. The molecule has 0 spiro atoms. The van der Waals surface area contributed by atoms with Gasteiger partial charge in [-0.15, -0.1) is 0 Å². The lowest BCUT2D eigenvalue weighted by Crippen LogP contribution is -3.08. The summed E-state index contributed by atoms with van der Waals surface area (Å²) in [5.74, 6) is 1.42. The van der Waals surface area contributed by atoms with Crippen LogP contribution in [0.15, 0.2) is 36.4 Å². The third-order valence-corrected chi connectivity index (χ3v) is 4.16. The number of aryl methyl sites for hydroxylation is 2. The summed E-state index contributed by atoms with van der Waals surface area (Å²) in [6.07, 6.45) is 0. The fourth-order valence-corrected chi connectivity index (χ4v) is 2.87. The summed E-state index contributed by atoms with van der Waals surface area (Å²) in [4.78, 5) is 13.5. The van der Waals surface area contributed by atoms with Crippen LogP contribution in [0.4, 0.5) is 5.69 Å². The van der Waals surface area contributed by atoms with Crippen LogP contribution >= 0.6 is 0 Å². The van der Waals surface area contributed by atoms with Gasteiger partial charge >= 0.3 is 0 Å². The number of hydrogen-bond acceptors (Lipinski definition) is 3. The molecule has 0 heterocycles. The Morgan fingerprint density at radius 3 is 2.28 bits per heavy atom. The minimum absolute atomic E-state index is 0.00961. The lowest BCUT2D eigenvalue weighted by atomic mass is 10.1. The number of methoxy groups -OCH3 is 2. The van der Waals surface area contributed by atoms with Crippen molar-refractivity contribution >= 4 is 11.6 Å². The lowest BCUT2D eigenvalue weighted by Gasteiger charge is -2.16. The molecule has 0 aliphatic heterocycles. The molecule has 1 atom stereocenters. The molecule has 0 aliphatic carbocycles. The van der Waals surface area contributed by atoms with E-state index in [1.165, 1.54) is 0 Å². The van der Waals surface area contributed by atoms with Gasteiger partial charge in [0.05, 0.1) is 21.3 Å². The van der Waals surface area contributed by atoms with Crippen LogP contribution in [0, 0.1) is 13.8 Å². The van der Waals surface area contributed by atoms with Gasteiger partial charge in [0, 0.05) is 11.3 Å². The highest BCUT2D eigenvalue weighted by molar-refractivity contribution is 5.93. The molecule has 0 fully saturated rings. The van der Waals surface area contributed by atoms with Crippen molar-refractivity contribution in [3.63, 3.8) is 0 Å². The molecule has 5 heteroatoms. The number of nitrogens with one attached hydrogen (secondary N) is 2. The molecule has 2 aromatic carbocycles. The van der Waals surface area contributed by atoms with E-state index in [4.69, 9.17) is 9.47 Å². The van der Waals surface area contributed by atoms with E-state index in [0.717, 1.165) is 33.8 Å². The number of anilines is 1. The van der Waals surface area contributed by atoms with Gasteiger partial charge < -0.3 is 19.7 Å². The molecule has 0 aromatic heterocycles. The number of quaternary nitrogens is 1. The Morgan fingerprint density at radius 1 is 1.04 bits per heavy atom. The van der Waals surface area contributed by atoms with Crippen molar-refractivity contribution in [2.45, 2.75) is 20.4 Å². The lowest BCUT2D eigenvalue weighted by molar-refractivity contribution is -0.885. The van der Waals surface area contributed by atoms with E-state index < -0.39 is 0 Å². The molecule has 2 N–H and O–H groups in total. The number of ether oxygens (including phenoxy) is 2. The number of amides is 1. The van der Waals surface area contributed by atoms with Gasteiger partial charge in [-0.1, -0.05) is 18.2 Å². The first-order valence-corrected chi connectivity index (χ1v) is 8.33. The van der Waals surface area contributed by atoms with Crippen LogP contribution in [0.2, 0.25) is 0 Å². The fourth-order valence-electron chi connectivity index (χ4n) is 2.87. The molecule has 0 saturated carbocycles. The highest BCUT2D eigenvalue weighted by Crippen LogP contribution is 2.27. The van der Waals surface area contributed by atoms with E-state index in [1.807, 2.05) is 57.3 Å². The fraction of sp³-hybridized carbons (Fsp3) is 0.350. The van der Waals surface area contributed by atoms with Gasteiger partial charge in [0.15, 0.2) is 18.0 Å². The summed E-state index contributed by atoms with van der Waals surface area (Å²) in [5.41, 5.74) is 4.15. The second-order valence-corrected chi connectivity index (χ2v) is 6.31. The van der Waals surface area contributed by atoms with Crippen LogP contribution in [-0.2, 0) is 11.3 Å². The number of likely N-dealkylation sites (N-methyl/N-ethyl adjacent to an activating group) is 1.